The fourth-order valence-electron chi connectivity index (χ4n) is 2.74. The molecule has 0 spiro atoms. The van der Waals surface area contributed by atoms with E-state index in [0.29, 0.717) is 34.6 Å². The molecule has 1 heterocycles. The number of benzene rings is 1. The minimum atomic E-state index is -0.857. The Morgan fingerprint density at radius 2 is 2.19 bits per heavy atom. The summed E-state index contributed by atoms with van der Waals surface area (Å²) in [6, 6.07) is 2.54. The molecule has 1 N–H and O–H groups in total. The van der Waals surface area contributed by atoms with E-state index in [9.17, 15) is 20.0 Å². The second-order valence-electron chi connectivity index (χ2n) is 5.52. The molecule has 1 aliphatic rings. The van der Waals surface area contributed by atoms with Gasteiger partial charge in [0.05, 0.1) is 10.6 Å². The van der Waals surface area contributed by atoms with Gasteiger partial charge in [-0.05, 0) is 47.7 Å². The zero-order chi connectivity index (χ0) is 15.7. The monoisotopic (exact) mass is 356 g/mol. The molecule has 1 aromatic carbocycles. The van der Waals surface area contributed by atoms with Gasteiger partial charge in [0.2, 0.25) is 0 Å². The third-order valence-corrected chi connectivity index (χ3v) is 4.56. The van der Waals surface area contributed by atoms with Crippen LogP contribution in [0.4, 0.5) is 11.4 Å². The Morgan fingerprint density at radius 3 is 2.76 bits per heavy atom. The predicted molar refractivity (Wildman–Crippen MR) is 82.7 cm³/mol. The number of carboxylic acids is 1. The fourth-order valence-corrected chi connectivity index (χ4v) is 3.30. The summed E-state index contributed by atoms with van der Waals surface area (Å²) < 4.78 is 0.556. The number of carboxylic acid groups (broad SMARTS) is 1. The smallest absolute Gasteiger partial charge is 0.326 e. The first-order valence-corrected chi connectivity index (χ1v) is 7.54. The first-order valence-electron chi connectivity index (χ1n) is 6.75. The third kappa shape index (κ3) is 3.18. The molecule has 0 aliphatic carbocycles. The van der Waals surface area contributed by atoms with Crippen LogP contribution in [0.25, 0.3) is 0 Å². The van der Waals surface area contributed by atoms with E-state index in [1.807, 2.05) is 11.8 Å². The lowest BCUT2D eigenvalue weighted by atomic mass is 9.92. The average Bonchev–Trinajstić information content (AvgIpc) is 2.40. The second-order valence-corrected chi connectivity index (χ2v) is 6.38. The predicted octanol–water partition coefficient (Wildman–Crippen LogP) is 3.36. The molecule has 114 valence electrons. The summed E-state index contributed by atoms with van der Waals surface area (Å²) in [5.41, 5.74) is 1.27. The Hall–Kier alpha value is -1.63. The summed E-state index contributed by atoms with van der Waals surface area (Å²) in [6.45, 7) is 4.34. The molecule has 1 aliphatic heterocycles. The quantitative estimate of drug-likeness (QED) is 0.663. The van der Waals surface area contributed by atoms with Crippen LogP contribution in [0.2, 0.25) is 0 Å². The van der Waals surface area contributed by atoms with Gasteiger partial charge in [-0.15, -0.1) is 0 Å². The molecule has 1 aromatic rings. The Labute approximate surface area is 131 Å². The zero-order valence-corrected chi connectivity index (χ0v) is 13.5. The summed E-state index contributed by atoms with van der Waals surface area (Å²) in [5.74, 6) is -0.496. The minimum Gasteiger partial charge on any atom is -0.480 e. The van der Waals surface area contributed by atoms with E-state index < -0.39 is 16.9 Å². The van der Waals surface area contributed by atoms with Crippen molar-refractivity contribution in [1.82, 2.24) is 0 Å². The van der Waals surface area contributed by atoms with Crippen LogP contribution < -0.4 is 4.90 Å². The number of hydrogen-bond acceptors (Lipinski definition) is 4. The van der Waals surface area contributed by atoms with Crippen molar-refractivity contribution in [3.63, 3.8) is 0 Å². The summed E-state index contributed by atoms with van der Waals surface area (Å²) in [6.07, 6.45) is 1.49. The van der Waals surface area contributed by atoms with Gasteiger partial charge >= 0.3 is 5.97 Å². The number of hydrogen-bond donors (Lipinski definition) is 1. The Kier molecular flexibility index (Phi) is 4.51. The van der Waals surface area contributed by atoms with Crippen molar-refractivity contribution in [2.75, 3.05) is 11.4 Å². The van der Waals surface area contributed by atoms with Crippen LogP contribution in [0.15, 0.2) is 16.6 Å². The molecule has 21 heavy (non-hydrogen) atoms. The molecule has 1 fully saturated rings. The van der Waals surface area contributed by atoms with Crippen LogP contribution >= 0.6 is 15.9 Å². The highest BCUT2D eigenvalue weighted by atomic mass is 79.9. The number of nitro groups is 1. The number of aliphatic carboxylic acids is 1. The highest BCUT2D eigenvalue weighted by Gasteiger charge is 2.33. The van der Waals surface area contributed by atoms with Crippen LogP contribution in [0.1, 0.15) is 25.3 Å². The average molecular weight is 357 g/mol. The van der Waals surface area contributed by atoms with Crippen LogP contribution in [-0.2, 0) is 4.79 Å². The van der Waals surface area contributed by atoms with E-state index in [4.69, 9.17) is 0 Å². The van der Waals surface area contributed by atoms with Gasteiger partial charge in [-0.3, -0.25) is 10.1 Å². The van der Waals surface area contributed by atoms with Crippen molar-refractivity contribution in [1.29, 1.82) is 0 Å². The molecule has 6 nitrogen and oxygen atoms in total. The topological polar surface area (TPSA) is 83.7 Å². The maximum absolute atomic E-state index is 11.5. The summed E-state index contributed by atoms with van der Waals surface area (Å²) in [5, 5.41) is 20.4. The largest absolute Gasteiger partial charge is 0.480 e. The molecule has 0 saturated carbocycles. The highest BCUT2D eigenvalue weighted by molar-refractivity contribution is 9.10. The number of halogens is 1. The van der Waals surface area contributed by atoms with Crippen LogP contribution in [-0.4, -0.2) is 28.6 Å². The fraction of sp³-hybridized carbons (Fsp3) is 0.500. The molecule has 2 unspecified atom stereocenters. The summed E-state index contributed by atoms with van der Waals surface area (Å²) in [7, 11) is 0. The number of nitro benzene ring substituents is 1. The van der Waals surface area contributed by atoms with Gasteiger partial charge in [0.25, 0.3) is 5.69 Å². The van der Waals surface area contributed by atoms with Gasteiger partial charge in [0.15, 0.2) is 0 Å². The molecule has 2 atom stereocenters. The Bertz CT molecular complexity index is 591. The lowest BCUT2D eigenvalue weighted by molar-refractivity contribution is -0.385. The SMILES string of the molecule is Cc1cc(N2CCC(C)CC2C(=O)O)c(Br)cc1[N+](=O)[O-]. The number of nitrogens with zero attached hydrogens (tertiary/aromatic N) is 2. The van der Waals surface area contributed by atoms with Crippen LogP contribution in [0.5, 0.6) is 0 Å². The Balaban J connectivity index is 2.42. The van der Waals surface area contributed by atoms with Crippen molar-refractivity contribution in [2.45, 2.75) is 32.7 Å². The molecular weight excluding hydrogens is 340 g/mol. The number of rotatable bonds is 3. The van der Waals surface area contributed by atoms with E-state index in [0.717, 1.165) is 6.42 Å². The number of carbonyl (C=O) groups is 1. The molecule has 2 rings (SSSR count). The van der Waals surface area contributed by atoms with E-state index in [1.54, 1.807) is 13.0 Å². The zero-order valence-electron chi connectivity index (χ0n) is 11.9. The van der Waals surface area contributed by atoms with Crippen molar-refractivity contribution in [3.05, 3.63) is 32.3 Å². The van der Waals surface area contributed by atoms with Gasteiger partial charge in [-0.25, -0.2) is 4.79 Å². The van der Waals surface area contributed by atoms with Gasteiger partial charge < -0.3 is 10.0 Å². The van der Waals surface area contributed by atoms with Crippen LogP contribution in [0.3, 0.4) is 0 Å². The van der Waals surface area contributed by atoms with Crippen molar-refractivity contribution < 1.29 is 14.8 Å². The Morgan fingerprint density at radius 1 is 1.52 bits per heavy atom. The number of piperidine rings is 1. The van der Waals surface area contributed by atoms with Gasteiger partial charge in [0, 0.05) is 22.6 Å². The maximum atomic E-state index is 11.5. The molecule has 7 heteroatoms. The first kappa shape index (κ1) is 15.8. The van der Waals surface area contributed by atoms with E-state index >= 15 is 0 Å². The molecule has 0 aromatic heterocycles. The van der Waals surface area contributed by atoms with Gasteiger partial charge in [-0.1, -0.05) is 6.92 Å². The van der Waals surface area contributed by atoms with Gasteiger partial charge in [0.1, 0.15) is 6.04 Å². The van der Waals surface area contributed by atoms with E-state index in [-0.39, 0.29) is 5.69 Å². The molecular formula is C14H17BrN2O4. The normalized spacial score (nSPS) is 22.1. The minimum absolute atomic E-state index is 0.0304. The van der Waals surface area contributed by atoms with Gasteiger partial charge in [-0.2, -0.15) is 0 Å². The summed E-state index contributed by atoms with van der Waals surface area (Å²) >= 11 is 3.34. The molecule has 0 amide bonds. The van der Waals surface area contributed by atoms with Crippen LogP contribution in [0, 0.1) is 23.0 Å². The van der Waals surface area contributed by atoms with Crippen molar-refractivity contribution >= 4 is 33.3 Å². The second kappa shape index (κ2) is 6.01. The molecule has 1 saturated heterocycles. The standard InChI is InChI=1S/C14H17BrN2O4/c1-8-3-4-16(13(5-8)14(18)19)12-6-9(2)11(17(20)21)7-10(12)15/h6-8,13H,3-5H2,1-2H3,(H,18,19). The lowest BCUT2D eigenvalue weighted by Gasteiger charge is -2.38. The number of aryl methyl sites for hydroxylation is 1. The molecule has 0 bridgehead atoms. The third-order valence-electron chi connectivity index (χ3n) is 3.92. The first-order chi connectivity index (χ1) is 9.81. The van der Waals surface area contributed by atoms with Crippen molar-refractivity contribution in [3.8, 4) is 0 Å². The van der Waals surface area contributed by atoms with Crippen molar-refractivity contribution in [2.24, 2.45) is 5.92 Å². The van der Waals surface area contributed by atoms with E-state index in [2.05, 4.69) is 15.9 Å². The molecule has 0 radical (unpaired) electrons. The maximum Gasteiger partial charge on any atom is 0.326 e. The highest BCUT2D eigenvalue weighted by Crippen LogP contribution is 2.37. The number of anilines is 1. The van der Waals surface area contributed by atoms with E-state index in [1.165, 1.54) is 6.07 Å². The lowest BCUT2D eigenvalue weighted by Crippen LogP contribution is -2.47. The summed E-state index contributed by atoms with van der Waals surface area (Å²) in [4.78, 5) is 23.8.